The summed E-state index contributed by atoms with van der Waals surface area (Å²) in [6.45, 7) is 2.35. The molecule has 194 valence electrons. The molecule has 3 aromatic rings. The molecule has 0 N–H and O–H groups in total. The Balaban J connectivity index is 1.90. The van der Waals surface area contributed by atoms with Gasteiger partial charge in [-0.05, 0) is 60.7 Å². The van der Waals surface area contributed by atoms with Gasteiger partial charge >= 0.3 is 12.1 Å². The Morgan fingerprint density at radius 2 is 1.65 bits per heavy atom. The van der Waals surface area contributed by atoms with E-state index in [0.29, 0.717) is 10.4 Å². The Morgan fingerprint density at radius 1 is 1.00 bits per heavy atom. The third-order valence-electron chi connectivity index (χ3n) is 4.99. The van der Waals surface area contributed by atoms with Crippen molar-refractivity contribution in [2.45, 2.75) is 11.1 Å². The smallest absolute Gasteiger partial charge is 0.416 e. The Bertz CT molecular complexity index is 1440. The van der Waals surface area contributed by atoms with Gasteiger partial charge in [0, 0.05) is 5.56 Å². The predicted octanol–water partition coefficient (Wildman–Crippen LogP) is 5.92. The number of alkyl halides is 3. The van der Waals surface area contributed by atoms with Crippen LogP contribution in [0.25, 0.3) is 0 Å². The van der Waals surface area contributed by atoms with Crippen LogP contribution < -0.4 is 4.31 Å². The first-order valence-corrected chi connectivity index (χ1v) is 12.2. The monoisotopic (exact) mass is 555 g/mol. The fourth-order valence-electron chi connectivity index (χ4n) is 3.18. The van der Waals surface area contributed by atoms with Crippen LogP contribution in [0.4, 0.5) is 23.2 Å². The van der Waals surface area contributed by atoms with Crippen LogP contribution in [0.5, 0.6) is 0 Å². The molecular weight excluding hydrogens is 538 g/mol. The van der Waals surface area contributed by atoms with Gasteiger partial charge in [0.05, 0.1) is 28.4 Å². The molecule has 12 heteroatoms. The number of hydrogen-bond acceptors (Lipinski definition) is 5. The second-order valence-electron chi connectivity index (χ2n) is 7.52. The molecule has 3 aromatic carbocycles. The second-order valence-corrected chi connectivity index (χ2v) is 9.76. The highest BCUT2D eigenvalue weighted by Crippen LogP contribution is 2.34. The summed E-state index contributed by atoms with van der Waals surface area (Å²) in [6, 6.07) is 11.4. The number of Topliss-reactive ketones (excluding diaryl/α,β-unsaturated/α-hetero) is 1. The number of sulfonamides is 1. The molecule has 0 heterocycles. The van der Waals surface area contributed by atoms with Crippen molar-refractivity contribution in [1.29, 1.82) is 0 Å². The van der Waals surface area contributed by atoms with E-state index in [1.807, 2.05) is 0 Å². The fourth-order valence-corrected chi connectivity index (χ4v) is 5.11. The lowest BCUT2D eigenvalue weighted by molar-refractivity contribution is -0.137. The van der Waals surface area contributed by atoms with E-state index in [9.17, 15) is 35.6 Å². The van der Waals surface area contributed by atoms with Crippen LogP contribution in [0.15, 0.2) is 84.3 Å². The summed E-state index contributed by atoms with van der Waals surface area (Å²) in [7, 11) is -4.59. The Hall–Kier alpha value is -3.70. The number of carbonyl (C=O) groups excluding carboxylic acids is 2. The van der Waals surface area contributed by atoms with Gasteiger partial charge in [0.25, 0.3) is 10.0 Å². The Kier molecular flexibility index (Phi) is 8.39. The van der Waals surface area contributed by atoms with Gasteiger partial charge in [0.2, 0.25) is 0 Å². The van der Waals surface area contributed by atoms with E-state index in [-0.39, 0.29) is 21.8 Å². The number of esters is 1. The van der Waals surface area contributed by atoms with Crippen molar-refractivity contribution in [3.8, 4) is 0 Å². The summed E-state index contributed by atoms with van der Waals surface area (Å²) in [5, 5.41) is -0.306. The molecule has 0 saturated carbocycles. The van der Waals surface area contributed by atoms with Crippen molar-refractivity contribution in [1.82, 2.24) is 0 Å². The van der Waals surface area contributed by atoms with E-state index in [4.69, 9.17) is 16.3 Å². The van der Waals surface area contributed by atoms with Crippen molar-refractivity contribution in [3.63, 3.8) is 0 Å². The first kappa shape index (κ1) is 27.9. The quantitative estimate of drug-likeness (QED) is 0.142. The first-order chi connectivity index (χ1) is 17.3. The number of ether oxygens (including phenoxy) is 1. The SMILES string of the molecule is C=CCN(c1cccc(C(F)(F)F)c1)S(=O)(=O)c1cc(C(=O)OCC(=O)c2ccc(F)cc2)ccc1Cl. The van der Waals surface area contributed by atoms with Crippen LogP contribution in [0.1, 0.15) is 26.3 Å². The molecule has 0 unspecified atom stereocenters. The lowest BCUT2D eigenvalue weighted by Crippen LogP contribution is -2.32. The first-order valence-electron chi connectivity index (χ1n) is 10.4. The number of carbonyl (C=O) groups is 2. The minimum absolute atomic E-state index is 0.0923. The van der Waals surface area contributed by atoms with Crippen LogP contribution in [0.2, 0.25) is 5.02 Å². The maximum atomic E-state index is 13.4. The standard InChI is InChI=1S/C25H18ClF4NO5S/c1-2-12-31(20-5-3-4-18(14-20)25(28,29)30)37(34,35)23-13-17(8-11-21(23)26)24(33)36-15-22(32)16-6-9-19(27)10-7-16/h2-11,13-14H,1,12,15H2. The van der Waals surface area contributed by atoms with Crippen molar-refractivity contribution in [2.24, 2.45) is 0 Å². The van der Waals surface area contributed by atoms with Gasteiger partial charge < -0.3 is 4.74 Å². The highest BCUT2D eigenvalue weighted by molar-refractivity contribution is 7.93. The molecule has 0 spiro atoms. The summed E-state index contributed by atoms with van der Waals surface area (Å²) < 4.78 is 85.1. The van der Waals surface area contributed by atoms with E-state index >= 15 is 0 Å². The van der Waals surface area contributed by atoms with E-state index in [2.05, 4.69) is 6.58 Å². The molecular formula is C25H18ClF4NO5S. The third-order valence-corrected chi connectivity index (χ3v) is 7.27. The van der Waals surface area contributed by atoms with Crippen molar-refractivity contribution >= 4 is 39.1 Å². The molecule has 0 aliphatic heterocycles. The highest BCUT2D eigenvalue weighted by atomic mass is 35.5. The maximum Gasteiger partial charge on any atom is 0.416 e. The number of hydrogen-bond donors (Lipinski definition) is 0. The molecule has 0 aliphatic carbocycles. The zero-order valence-corrected chi connectivity index (χ0v) is 20.4. The summed E-state index contributed by atoms with van der Waals surface area (Å²) >= 11 is 6.09. The molecule has 6 nitrogen and oxygen atoms in total. The molecule has 0 aliphatic rings. The Morgan fingerprint density at radius 3 is 2.27 bits per heavy atom. The van der Waals surface area contributed by atoms with Gasteiger partial charge in [-0.3, -0.25) is 9.10 Å². The number of rotatable bonds is 9. The average molecular weight is 556 g/mol. The van der Waals surface area contributed by atoms with E-state index in [1.54, 1.807) is 0 Å². The Labute approximate surface area is 214 Å². The predicted molar refractivity (Wildman–Crippen MR) is 129 cm³/mol. The van der Waals surface area contributed by atoms with Crippen LogP contribution in [0.3, 0.4) is 0 Å². The van der Waals surface area contributed by atoms with Gasteiger partial charge in [0.15, 0.2) is 12.4 Å². The van der Waals surface area contributed by atoms with Crippen molar-refractivity contribution < 1.29 is 40.3 Å². The summed E-state index contributed by atoms with van der Waals surface area (Å²) in [5.41, 5.74) is -1.56. The average Bonchev–Trinajstić information content (AvgIpc) is 2.85. The van der Waals surface area contributed by atoms with Crippen molar-refractivity contribution in [2.75, 3.05) is 17.5 Å². The highest BCUT2D eigenvalue weighted by Gasteiger charge is 2.33. The van der Waals surface area contributed by atoms with Gasteiger partial charge in [-0.1, -0.05) is 23.7 Å². The van der Waals surface area contributed by atoms with Crippen LogP contribution in [-0.2, 0) is 20.9 Å². The third kappa shape index (κ3) is 6.55. The summed E-state index contributed by atoms with van der Waals surface area (Å²) in [5.74, 6) is -2.24. The number of anilines is 1. The number of halogens is 5. The van der Waals surface area contributed by atoms with Crippen LogP contribution in [-0.4, -0.2) is 33.3 Å². The molecule has 0 saturated heterocycles. The van der Waals surface area contributed by atoms with Crippen LogP contribution in [0, 0.1) is 5.82 Å². The zero-order valence-electron chi connectivity index (χ0n) is 18.8. The molecule has 0 amide bonds. The van der Waals surface area contributed by atoms with E-state index < -0.39 is 57.4 Å². The minimum atomic E-state index is -4.72. The van der Waals surface area contributed by atoms with Gasteiger partial charge in [-0.2, -0.15) is 13.2 Å². The van der Waals surface area contributed by atoms with Gasteiger partial charge in [0.1, 0.15) is 10.7 Å². The lowest BCUT2D eigenvalue weighted by Gasteiger charge is -2.24. The number of ketones is 1. The molecule has 0 aromatic heterocycles. The maximum absolute atomic E-state index is 13.4. The topological polar surface area (TPSA) is 80.8 Å². The van der Waals surface area contributed by atoms with E-state index in [0.717, 1.165) is 42.5 Å². The number of nitrogens with zero attached hydrogens (tertiary/aromatic N) is 1. The minimum Gasteiger partial charge on any atom is -0.454 e. The largest absolute Gasteiger partial charge is 0.454 e. The van der Waals surface area contributed by atoms with Crippen molar-refractivity contribution in [3.05, 3.63) is 107 Å². The van der Waals surface area contributed by atoms with Crippen LogP contribution >= 0.6 is 11.6 Å². The normalized spacial score (nSPS) is 11.6. The van der Waals surface area contributed by atoms with E-state index in [1.165, 1.54) is 24.3 Å². The molecule has 0 radical (unpaired) electrons. The lowest BCUT2D eigenvalue weighted by atomic mass is 10.1. The summed E-state index contributed by atoms with van der Waals surface area (Å²) in [4.78, 5) is 24.1. The van der Waals surface area contributed by atoms with Gasteiger partial charge in [-0.25, -0.2) is 17.6 Å². The summed E-state index contributed by atoms with van der Waals surface area (Å²) in [6.07, 6.45) is -3.54. The molecule has 0 bridgehead atoms. The van der Waals surface area contributed by atoms with Gasteiger partial charge in [-0.15, -0.1) is 6.58 Å². The molecule has 0 fully saturated rings. The molecule has 37 heavy (non-hydrogen) atoms. The zero-order chi connectivity index (χ0) is 27.4. The fraction of sp³-hybridized carbons (Fsp3) is 0.120. The molecule has 3 rings (SSSR count). The molecule has 0 atom stereocenters. The second kappa shape index (κ2) is 11.1. The number of benzene rings is 3.